The normalized spacial score (nSPS) is 16.0. The van der Waals surface area contributed by atoms with Crippen molar-refractivity contribution in [3.63, 3.8) is 0 Å². The summed E-state index contributed by atoms with van der Waals surface area (Å²) in [5.74, 6) is -2.67. The van der Waals surface area contributed by atoms with Crippen LogP contribution in [0.15, 0.2) is 66.7 Å². The molecule has 3 rings (SSSR count). The molecule has 5 N–H and O–H groups in total. The van der Waals surface area contributed by atoms with Crippen LogP contribution in [0.25, 0.3) is 0 Å². The van der Waals surface area contributed by atoms with Crippen molar-refractivity contribution in [3.8, 4) is 0 Å². The minimum absolute atomic E-state index is 0.0235. The number of unbranched alkanes of at least 4 members (excludes halogenated alkanes) is 5. The van der Waals surface area contributed by atoms with Gasteiger partial charge in [0.2, 0.25) is 41.9 Å². The van der Waals surface area contributed by atoms with Crippen LogP contribution in [0.4, 0.5) is 5.69 Å². The lowest BCUT2D eigenvalue weighted by Gasteiger charge is -2.39. The van der Waals surface area contributed by atoms with Crippen LogP contribution in [0.5, 0.6) is 0 Å². The smallest absolute Gasteiger partial charge is 0.252 e. The number of ether oxygens (including phenoxy) is 2. The number of hydrogen-bond acceptors (Lipinski definition) is 12. The molecule has 1 fully saturated rings. The summed E-state index contributed by atoms with van der Waals surface area (Å²) >= 11 is 0. The van der Waals surface area contributed by atoms with Crippen LogP contribution in [0.3, 0.4) is 0 Å². The summed E-state index contributed by atoms with van der Waals surface area (Å²) in [6.45, 7) is 22.4. The molecular weight excluding hydrogens is 1080 g/mol. The molecular formula is C66H108N8O11. The first-order valence-corrected chi connectivity index (χ1v) is 31.3. The second kappa shape index (κ2) is 41.9. The van der Waals surface area contributed by atoms with Gasteiger partial charge in [0.05, 0.1) is 49.2 Å². The highest BCUT2D eigenvalue weighted by Crippen LogP contribution is 2.30. The molecule has 0 bridgehead atoms. The number of likely N-dealkylation sites (tertiary alicyclic amines) is 1. The fourth-order valence-corrected chi connectivity index (χ4v) is 10.9. The summed E-state index contributed by atoms with van der Waals surface area (Å²) in [6.07, 6.45) is 11.1. The van der Waals surface area contributed by atoms with Gasteiger partial charge in [-0.25, -0.2) is 0 Å². The number of carbonyl (C=O) groups is 8. The Bertz CT molecular complexity index is 2320. The van der Waals surface area contributed by atoms with E-state index >= 15 is 0 Å². The Morgan fingerprint density at radius 3 is 2.02 bits per heavy atom. The first kappa shape index (κ1) is 75.1. The van der Waals surface area contributed by atoms with Gasteiger partial charge in [-0.3, -0.25) is 48.2 Å². The summed E-state index contributed by atoms with van der Waals surface area (Å²) < 4.78 is 12.1. The topological polar surface area (TPSA) is 236 Å². The van der Waals surface area contributed by atoms with Crippen LogP contribution in [-0.2, 0) is 60.8 Å². The summed E-state index contributed by atoms with van der Waals surface area (Å²) in [4.78, 5) is 114. The molecule has 1 saturated heterocycles. The van der Waals surface area contributed by atoms with Crippen molar-refractivity contribution >= 4 is 53.4 Å². The van der Waals surface area contributed by atoms with E-state index < -0.39 is 54.1 Å². The standard InChI is InChI=1S/C63H100N8O11.C3H8/c1-12-26-55(75)70(43-73)36-23-18-21-30-54(74)64-41-49-31-33-50(34-32-49)66-62(79)51(39-48-27-19-17-20-28-48)67-61(78)47(8)60(82-11)52-29-25-37-71(52)56(76)40-53(81-10)58(45(6)13-2)68(9)57(77)42-65-63(80)59(46(7)44(4)5)69(14-3)35-22-15-16-24-38-72;1-3-2/h12,17,19-20,26-28,31-34,43-47,51-53,58-60,72H,13-16,18,21-25,29-30,35-42H2,1-11H3,(H,64,74)(H,65,80)(H,66,79)(H,67,78);3H2,1-2H3/b26-12-;/t45?,46?,47?,51-,52?,53?,58?,59?,60?;/m0./s1. The highest BCUT2D eigenvalue weighted by molar-refractivity contribution is 5.98. The van der Waals surface area contributed by atoms with Crippen molar-refractivity contribution in [2.45, 2.75) is 202 Å². The molecule has 478 valence electrons. The van der Waals surface area contributed by atoms with E-state index in [1.165, 1.54) is 19.6 Å². The number of amides is 8. The van der Waals surface area contributed by atoms with Crippen molar-refractivity contribution in [2.75, 3.05) is 65.9 Å². The molecule has 8 unspecified atom stereocenters. The van der Waals surface area contributed by atoms with Crippen molar-refractivity contribution in [1.29, 1.82) is 0 Å². The zero-order valence-corrected chi connectivity index (χ0v) is 53.9. The lowest BCUT2D eigenvalue weighted by Crippen LogP contribution is -2.56. The summed E-state index contributed by atoms with van der Waals surface area (Å²) in [6, 6.07) is 14.1. The number of rotatable bonds is 39. The van der Waals surface area contributed by atoms with Crippen LogP contribution in [0.1, 0.15) is 164 Å². The fraction of sp³-hybridized carbons (Fsp3) is 0.667. The van der Waals surface area contributed by atoms with Gasteiger partial charge >= 0.3 is 0 Å². The van der Waals surface area contributed by atoms with Crippen LogP contribution in [-0.4, -0.2) is 169 Å². The van der Waals surface area contributed by atoms with Gasteiger partial charge in [0.1, 0.15) is 6.04 Å². The molecule has 0 saturated carbocycles. The lowest BCUT2D eigenvalue weighted by molar-refractivity contribution is -0.146. The van der Waals surface area contributed by atoms with Crippen molar-refractivity contribution in [2.24, 2.45) is 23.7 Å². The molecule has 19 heteroatoms. The monoisotopic (exact) mass is 1190 g/mol. The number of carbonyl (C=O) groups excluding carboxylic acids is 8. The van der Waals surface area contributed by atoms with Gasteiger partial charge in [0, 0.05) is 66.0 Å². The van der Waals surface area contributed by atoms with Gasteiger partial charge in [-0.05, 0) is 106 Å². The van der Waals surface area contributed by atoms with E-state index in [1.807, 2.05) is 51.1 Å². The highest BCUT2D eigenvalue weighted by atomic mass is 16.5. The third-order valence-electron chi connectivity index (χ3n) is 16.3. The van der Waals surface area contributed by atoms with Gasteiger partial charge in [0.25, 0.3) is 5.91 Å². The number of aliphatic hydroxyl groups is 1. The zero-order chi connectivity index (χ0) is 63.4. The van der Waals surface area contributed by atoms with Gasteiger partial charge in [0.15, 0.2) is 0 Å². The number of aliphatic hydroxyl groups excluding tert-OH is 1. The number of benzene rings is 2. The third kappa shape index (κ3) is 25.8. The second-order valence-corrected chi connectivity index (χ2v) is 23.0. The highest BCUT2D eigenvalue weighted by Gasteiger charge is 2.43. The minimum atomic E-state index is -0.979. The molecule has 8 amide bonds. The Morgan fingerprint density at radius 2 is 1.44 bits per heavy atom. The predicted octanol–water partition coefficient (Wildman–Crippen LogP) is 8.08. The predicted molar refractivity (Wildman–Crippen MR) is 336 cm³/mol. The van der Waals surface area contributed by atoms with E-state index in [1.54, 1.807) is 68.1 Å². The molecule has 0 spiro atoms. The molecule has 85 heavy (non-hydrogen) atoms. The molecule has 2 aromatic carbocycles. The molecule has 0 radical (unpaired) electrons. The fourth-order valence-electron chi connectivity index (χ4n) is 10.9. The summed E-state index contributed by atoms with van der Waals surface area (Å²) in [5, 5.41) is 21.1. The number of nitrogens with one attached hydrogen (secondary N) is 4. The quantitative estimate of drug-likeness (QED) is 0.0243. The van der Waals surface area contributed by atoms with Crippen molar-refractivity contribution in [3.05, 3.63) is 77.9 Å². The van der Waals surface area contributed by atoms with Gasteiger partial charge in [-0.1, -0.05) is 143 Å². The molecule has 0 aromatic heterocycles. The number of allylic oxidation sites excluding steroid dienone is 1. The number of likely N-dealkylation sites (N-methyl/N-ethyl adjacent to an activating group) is 2. The van der Waals surface area contributed by atoms with E-state index in [4.69, 9.17) is 9.47 Å². The number of anilines is 1. The van der Waals surface area contributed by atoms with Gasteiger partial charge < -0.3 is 45.6 Å². The molecule has 2 aromatic rings. The Kier molecular flexibility index (Phi) is 37.0. The van der Waals surface area contributed by atoms with Crippen LogP contribution >= 0.6 is 0 Å². The second-order valence-electron chi connectivity index (χ2n) is 23.0. The molecule has 19 nitrogen and oxygen atoms in total. The SMILES string of the molecule is C/C=C\C(=O)N(C=O)CCCCCC(=O)NCc1ccc(NC(=O)[C@H](Cc2ccccc2)NC(=O)C(C)C(OC)C2CCCN2C(=O)CC(OC)C(C(C)CC)N(C)C(=O)CNC(=O)C(C(C)C(C)C)N(CC)CCCCCCO)cc1.CCC. The third-order valence-corrected chi connectivity index (χ3v) is 16.3. The number of hydrogen-bond donors (Lipinski definition) is 5. The van der Waals surface area contributed by atoms with Crippen LogP contribution < -0.4 is 21.3 Å². The maximum Gasteiger partial charge on any atom is 0.252 e. The Balaban J connectivity index is 0.00000803. The molecule has 9 atom stereocenters. The maximum atomic E-state index is 14.5. The summed E-state index contributed by atoms with van der Waals surface area (Å²) in [5.41, 5.74) is 2.15. The molecule has 1 aliphatic heterocycles. The van der Waals surface area contributed by atoms with E-state index in [-0.39, 0.29) is 86.4 Å². The first-order valence-electron chi connectivity index (χ1n) is 31.3. The molecule has 1 heterocycles. The zero-order valence-electron chi connectivity index (χ0n) is 53.9. The van der Waals surface area contributed by atoms with E-state index in [2.05, 4.69) is 60.8 Å². The Labute approximate surface area is 509 Å². The van der Waals surface area contributed by atoms with Crippen LogP contribution in [0.2, 0.25) is 0 Å². The van der Waals surface area contributed by atoms with E-state index in [0.717, 1.165) is 48.3 Å². The average Bonchev–Trinajstić information content (AvgIpc) is 4.00. The maximum absolute atomic E-state index is 14.5. The number of methoxy groups -OCH3 is 2. The summed E-state index contributed by atoms with van der Waals surface area (Å²) in [7, 11) is 4.76. The van der Waals surface area contributed by atoms with Crippen LogP contribution in [0, 0.1) is 23.7 Å². The van der Waals surface area contributed by atoms with Crippen molar-refractivity contribution < 1.29 is 52.9 Å². The largest absolute Gasteiger partial charge is 0.396 e. The van der Waals surface area contributed by atoms with E-state index in [9.17, 15) is 43.5 Å². The minimum Gasteiger partial charge on any atom is -0.396 e. The number of imide groups is 1. The average molecular weight is 1190 g/mol. The van der Waals surface area contributed by atoms with Gasteiger partial charge in [-0.2, -0.15) is 0 Å². The van der Waals surface area contributed by atoms with Gasteiger partial charge in [-0.15, -0.1) is 0 Å². The lowest BCUT2D eigenvalue weighted by atomic mass is 9.88. The Hall–Kier alpha value is -6.02. The molecule has 1 aliphatic rings. The number of nitrogens with zero attached hydrogens (tertiary/aromatic N) is 4. The molecule has 0 aliphatic carbocycles. The first-order chi connectivity index (χ1) is 40.7. The van der Waals surface area contributed by atoms with E-state index in [0.29, 0.717) is 70.1 Å². The Morgan fingerprint density at radius 1 is 0.788 bits per heavy atom. The van der Waals surface area contributed by atoms with Crippen molar-refractivity contribution in [1.82, 2.24) is 35.6 Å².